The molecule has 2 amide bonds. The quantitative estimate of drug-likeness (QED) is 0.718. The van der Waals surface area contributed by atoms with Crippen molar-refractivity contribution in [2.45, 2.75) is 62.7 Å². The molecular formula is C23H31FN2O2S. The van der Waals surface area contributed by atoms with Gasteiger partial charge < -0.3 is 9.80 Å². The van der Waals surface area contributed by atoms with Gasteiger partial charge in [0.05, 0.1) is 11.3 Å². The third-order valence-corrected chi connectivity index (χ3v) is 8.44. The fraction of sp³-hybridized carbons (Fsp3) is 0.652. The summed E-state index contributed by atoms with van der Waals surface area (Å²) >= 11 is 1.90. The summed E-state index contributed by atoms with van der Waals surface area (Å²) in [6.07, 6.45) is 8.96. The predicted molar refractivity (Wildman–Crippen MR) is 114 cm³/mol. The topological polar surface area (TPSA) is 40.6 Å². The number of carbonyl (C=O) groups is 2. The third kappa shape index (κ3) is 4.79. The number of likely N-dealkylation sites (tertiary alicyclic amines) is 1. The number of benzene rings is 1. The van der Waals surface area contributed by atoms with Crippen molar-refractivity contribution in [2.24, 2.45) is 5.92 Å². The van der Waals surface area contributed by atoms with Crippen molar-refractivity contribution >= 4 is 23.6 Å². The zero-order valence-electron chi connectivity index (χ0n) is 17.1. The molecule has 2 saturated heterocycles. The Kier molecular flexibility index (Phi) is 6.47. The van der Waals surface area contributed by atoms with Crippen molar-refractivity contribution in [1.82, 2.24) is 9.80 Å². The number of piperidine rings is 1. The average molecular weight is 419 g/mol. The predicted octanol–water partition coefficient (Wildman–Crippen LogP) is 4.23. The van der Waals surface area contributed by atoms with Gasteiger partial charge in [-0.25, -0.2) is 4.39 Å². The molecule has 1 spiro atoms. The van der Waals surface area contributed by atoms with Gasteiger partial charge in [-0.3, -0.25) is 9.59 Å². The Bertz CT molecular complexity index is 725. The van der Waals surface area contributed by atoms with Crippen LogP contribution in [-0.2, 0) is 16.0 Å². The molecule has 2 heterocycles. The maximum Gasteiger partial charge on any atom is 0.226 e. The van der Waals surface area contributed by atoms with Gasteiger partial charge >= 0.3 is 0 Å². The van der Waals surface area contributed by atoms with Crippen molar-refractivity contribution in [3.8, 4) is 0 Å². The molecule has 1 aromatic carbocycles. The standard InChI is InChI=1S/C23H31FN2O2S/c24-20-8-5-19(6-9-20)17-22(28)25-13-11-23(12-14-25)26(15-16-29-23)21(27)10-7-18-3-1-2-4-18/h5-6,8-9,18H,1-4,7,10-17H2. The number of amides is 2. The summed E-state index contributed by atoms with van der Waals surface area (Å²) in [4.78, 5) is 29.6. The highest BCUT2D eigenvalue weighted by Gasteiger charge is 2.46. The average Bonchev–Trinajstić information content (AvgIpc) is 3.39. The molecule has 1 aromatic rings. The van der Waals surface area contributed by atoms with Gasteiger partial charge in [-0.05, 0) is 42.9 Å². The highest BCUT2D eigenvalue weighted by atomic mass is 32.2. The molecule has 158 valence electrons. The molecule has 1 saturated carbocycles. The summed E-state index contributed by atoms with van der Waals surface area (Å²) in [6, 6.07) is 6.16. The van der Waals surface area contributed by atoms with Gasteiger partial charge in [-0.1, -0.05) is 37.8 Å². The van der Waals surface area contributed by atoms with Crippen LogP contribution >= 0.6 is 11.8 Å². The van der Waals surface area contributed by atoms with E-state index < -0.39 is 0 Å². The summed E-state index contributed by atoms with van der Waals surface area (Å²) < 4.78 is 13.1. The highest BCUT2D eigenvalue weighted by Crippen LogP contribution is 2.44. The molecule has 1 aliphatic carbocycles. The number of hydrogen-bond acceptors (Lipinski definition) is 3. The van der Waals surface area contributed by atoms with Gasteiger partial charge in [0.25, 0.3) is 0 Å². The number of carbonyl (C=O) groups excluding carboxylic acids is 2. The Labute approximate surface area is 177 Å². The minimum Gasteiger partial charge on any atom is -0.342 e. The van der Waals surface area contributed by atoms with E-state index in [1.54, 1.807) is 12.1 Å². The molecule has 3 aliphatic rings. The molecule has 0 atom stereocenters. The number of hydrogen-bond donors (Lipinski definition) is 0. The van der Waals surface area contributed by atoms with E-state index in [0.717, 1.165) is 43.0 Å². The molecule has 4 rings (SSSR count). The number of halogens is 1. The van der Waals surface area contributed by atoms with Gasteiger partial charge in [0.1, 0.15) is 5.82 Å². The van der Waals surface area contributed by atoms with Crippen molar-refractivity contribution < 1.29 is 14.0 Å². The largest absolute Gasteiger partial charge is 0.342 e. The Balaban J connectivity index is 1.30. The lowest BCUT2D eigenvalue weighted by molar-refractivity contribution is -0.137. The van der Waals surface area contributed by atoms with Crippen LogP contribution in [0.1, 0.15) is 56.9 Å². The van der Waals surface area contributed by atoms with Crippen LogP contribution in [0.5, 0.6) is 0 Å². The van der Waals surface area contributed by atoms with E-state index in [4.69, 9.17) is 0 Å². The van der Waals surface area contributed by atoms with E-state index >= 15 is 0 Å². The Morgan fingerprint density at radius 1 is 1.03 bits per heavy atom. The molecule has 0 radical (unpaired) electrons. The zero-order valence-corrected chi connectivity index (χ0v) is 17.9. The Hall–Kier alpha value is -1.56. The smallest absolute Gasteiger partial charge is 0.226 e. The second-order valence-electron chi connectivity index (χ2n) is 8.71. The van der Waals surface area contributed by atoms with Gasteiger partial charge in [-0.2, -0.15) is 0 Å². The van der Waals surface area contributed by atoms with E-state index in [-0.39, 0.29) is 16.6 Å². The minimum atomic E-state index is -0.280. The first-order valence-corrected chi connectivity index (χ1v) is 12.0. The first-order chi connectivity index (χ1) is 14.1. The number of nitrogens with zero attached hydrogens (tertiary/aromatic N) is 2. The van der Waals surface area contributed by atoms with Crippen LogP contribution in [0, 0.1) is 11.7 Å². The SMILES string of the molecule is O=C(Cc1ccc(F)cc1)N1CCC2(CC1)SCCN2C(=O)CCC1CCCC1. The zero-order chi connectivity index (χ0) is 20.3. The normalized spacial score (nSPS) is 21.8. The van der Waals surface area contributed by atoms with Crippen LogP contribution in [0.15, 0.2) is 24.3 Å². The molecular weight excluding hydrogens is 387 g/mol. The summed E-state index contributed by atoms with van der Waals surface area (Å²) in [6.45, 7) is 2.23. The lowest BCUT2D eigenvalue weighted by Crippen LogP contribution is -2.53. The highest BCUT2D eigenvalue weighted by molar-refractivity contribution is 8.00. The van der Waals surface area contributed by atoms with Crippen LogP contribution in [-0.4, -0.2) is 51.9 Å². The second-order valence-corrected chi connectivity index (χ2v) is 10.2. The van der Waals surface area contributed by atoms with E-state index in [1.807, 2.05) is 16.7 Å². The lowest BCUT2D eigenvalue weighted by atomic mass is 9.98. The summed E-state index contributed by atoms with van der Waals surface area (Å²) in [7, 11) is 0. The number of thioether (sulfide) groups is 1. The Morgan fingerprint density at radius 2 is 1.72 bits per heavy atom. The maximum atomic E-state index is 13.1. The minimum absolute atomic E-state index is 0.0913. The number of rotatable bonds is 5. The van der Waals surface area contributed by atoms with Crippen molar-refractivity contribution in [1.29, 1.82) is 0 Å². The molecule has 4 nitrogen and oxygen atoms in total. The van der Waals surface area contributed by atoms with Crippen LogP contribution in [0.4, 0.5) is 4.39 Å². The van der Waals surface area contributed by atoms with Gasteiger partial charge in [0.15, 0.2) is 0 Å². The first kappa shape index (κ1) is 20.7. The van der Waals surface area contributed by atoms with Crippen molar-refractivity contribution in [3.63, 3.8) is 0 Å². The first-order valence-electron chi connectivity index (χ1n) is 11.0. The summed E-state index contributed by atoms with van der Waals surface area (Å²) in [5.74, 6) is 1.87. The fourth-order valence-corrected chi connectivity index (χ4v) is 6.60. The Morgan fingerprint density at radius 3 is 2.41 bits per heavy atom. The van der Waals surface area contributed by atoms with E-state index in [2.05, 4.69) is 4.90 Å². The molecule has 0 bridgehead atoms. The second kappa shape index (κ2) is 9.07. The van der Waals surface area contributed by atoms with Crippen LogP contribution in [0.2, 0.25) is 0 Å². The van der Waals surface area contributed by atoms with Crippen LogP contribution < -0.4 is 0 Å². The van der Waals surface area contributed by atoms with Gasteiger partial charge in [0.2, 0.25) is 11.8 Å². The van der Waals surface area contributed by atoms with E-state index in [1.165, 1.54) is 37.8 Å². The fourth-order valence-electron chi connectivity index (χ4n) is 5.13. The molecule has 29 heavy (non-hydrogen) atoms. The van der Waals surface area contributed by atoms with E-state index in [9.17, 15) is 14.0 Å². The summed E-state index contributed by atoms with van der Waals surface area (Å²) in [5, 5.41) is 0. The van der Waals surface area contributed by atoms with Crippen LogP contribution in [0.25, 0.3) is 0 Å². The molecule has 3 fully saturated rings. The van der Waals surface area contributed by atoms with Crippen LogP contribution in [0.3, 0.4) is 0 Å². The van der Waals surface area contributed by atoms with Crippen molar-refractivity contribution in [3.05, 3.63) is 35.6 Å². The molecule has 0 aromatic heterocycles. The third-order valence-electron chi connectivity index (χ3n) is 6.89. The molecule has 0 N–H and O–H groups in total. The molecule has 6 heteroatoms. The molecule has 0 unspecified atom stereocenters. The van der Waals surface area contributed by atoms with Crippen molar-refractivity contribution in [2.75, 3.05) is 25.4 Å². The van der Waals surface area contributed by atoms with Gasteiger partial charge in [-0.15, -0.1) is 11.8 Å². The monoisotopic (exact) mass is 418 g/mol. The lowest BCUT2D eigenvalue weighted by Gasteiger charge is -2.44. The molecule has 2 aliphatic heterocycles. The maximum absolute atomic E-state index is 13.1. The summed E-state index contributed by atoms with van der Waals surface area (Å²) in [5.41, 5.74) is 0.843. The van der Waals surface area contributed by atoms with Gasteiger partial charge in [0, 0.05) is 31.8 Å². The van der Waals surface area contributed by atoms with E-state index in [0.29, 0.717) is 31.8 Å².